The molecule has 0 aliphatic carbocycles. The van der Waals surface area contributed by atoms with Crippen LogP contribution in [0.3, 0.4) is 0 Å². The van der Waals surface area contributed by atoms with Gasteiger partial charge in [0.25, 0.3) is 0 Å². The molecule has 0 aromatic carbocycles. The first-order chi connectivity index (χ1) is 11.2. The van der Waals surface area contributed by atoms with Gasteiger partial charge in [0, 0.05) is 38.7 Å². The van der Waals surface area contributed by atoms with E-state index in [-0.39, 0.29) is 5.91 Å². The number of rotatable bonds is 8. The average molecular weight is 319 g/mol. The Hall–Kier alpha value is -1.85. The van der Waals surface area contributed by atoms with Gasteiger partial charge in [0.05, 0.1) is 0 Å². The van der Waals surface area contributed by atoms with E-state index in [9.17, 15) is 4.79 Å². The number of piperidine rings is 1. The summed E-state index contributed by atoms with van der Waals surface area (Å²) < 4.78 is 0. The highest BCUT2D eigenvalue weighted by atomic mass is 16.1. The summed E-state index contributed by atoms with van der Waals surface area (Å²) in [7, 11) is 0. The fourth-order valence-corrected chi connectivity index (χ4v) is 3.00. The summed E-state index contributed by atoms with van der Waals surface area (Å²) >= 11 is 0. The number of carbonyl (C=O) groups is 1. The average Bonchev–Trinajstić information content (AvgIpc) is 2.59. The Balaban J connectivity index is 1.89. The zero-order valence-electron chi connectivity index (χ0n) is 14.3. The minimum absolute atomic E-state index is 0.165. The Morgan fingerprint density at radius 1 is 1.39 bits per heavy atom. The third-order valence-corrected chi connectivity index (χ3v) is 4.21. The van der Waals surface area contributed by atoms with Gasteiger partial charge in [-0.2, -0.15) is 0 Å². The lowest BCUT2D eigenvalue weighted by atomic mass is 9.93. The lowest BCUT2D eigenvalue weighted by molar-refractivity contribution is -0.121. The van der Waals surface area contributed by atoms with Gasteiger partial charge in [0.15, 0.2) is 0 Å². The number of anilines is 2. The maximum absolute atomic E-state index is 11.6. The summed E-state index contributed by atoms with van der Waals surface area (Å²) in [4.78, 5) is 22.6. The topological polar surface area (TPSA) is 70.2 Å². The maximum atomic E-state index is 11.6. The number of hydrogen-bond donors (Lipinski definition) is 2. The molecule has 2 N–H and O–H groups in total. The van der Waals surface area contributed by atoms with Crippen molar-refractivity contribution >= 4 is 17.5 Å². The Morgan fingerprint density at radius 3 is 3.04 bits per heavy atom. The monoisotopic (exact) mass is 319 g/mol. The summed E-state index contributed by atoms with van der Waals surface area (Å²) in [6.45, 7) is 7.74. The summed E-state index contributed by atoms with van der Waals surface area (Å²) in [5.74, 6) is 2.61. The zero-order valence-corrected chi connectivity index (χ0v) is 14.3. The largest absolute Gasteiger partial charge is 0.370 e. The first kappa shape index (κ1) is 17.5. The van der Waals surface area contributed by atoms with E-state index >= 15 is 0 Å². The number of hydrogen-bond acceptors (Lipinski definition) is 5. The van der Waals surface area contributed by atoms with Crippen LogP contribution in [-0.4, -0.2) is 42.1 Å². The first-order valence-corrected chi connectivity index (χ1v) is 8.80. The molecule has 0 radical (unpaired) electrons. The quantitative estimate of drug-likeness (QED) is 0.770. The van der Waals surface area contributed by atoms with Crippen molar-refractivity contribution in [3.63, 3.8) is 0 Å². The Morgan fingerprint density at radius 2 is 2.26 bits per heavy atom. The summed E-state index contributed by atoms with van der Waals surface area (Å²) in [5.41, 5.74) is 0. The van der Waals surface area contributed by atoms with Gasteiger partial charge in [-0.25, -0.2) is 9.97 Å². The van der Waals surface area contributed by atoms with Crippen LogP contribution in [0.2, 0.25) is 0 Å². The van der Waals surface area contributed by atoms with E-state index in [1.54, 1.807) is 6.33 Å². The molecule has 1 aliphatic heterocycles. The molecule has 6 heteroatoms. The molecule has 0 spiro atoms. The Kier molecular flexibility index (Phi) is 7.10. The van der Waals surface area contributed by atoms with Crippen LogP contribution in [0, 0.1) is 5.92 Å². The predicted molar refractivity (Wildman–Crippen MR) is 93.7 cm³/mol. The summed E-state index contributed by atoms with van der Waals surface area (Å²) in [6.07, 6.45) is 6.63. The third kappa shape index (κ3) is 5.69. The van der Waals surface area contributed by atoms with Crippen molar-refractivity contribution < 1.29 is 4.79 Å². The summed E-state index contributed by atoms with van der Waals surface area (Å²) in [5, 5.41) is 6.18. The molecule has 0 bridgehead atoms. The van der Waals surface area contributed by atoms with Gasteiger partial charge < -0.3 is 15.5 Å². The highest BCUT2D eigenvalue weighted by molar-refractivity contribution is 5.75. The van der Waals surface area contributed by atoms with Gasteiger partial charge in [-0.05, 0) is 38.5 Å². The van der Waals surface area contributed by atoms with Crippen LogP contribution in [0.1, 0.15) is 46.0 Å². The van der Waals surface area contributed by atoms with Crippen molar-refractivity contribution in [1.82, 2.24) is 15.3 Å². The van der Waals surface area contributed by atoms with Gasteiger partial charge >= 0.3 is 0 Å². The van der Waals surface area contributed by atoms with Crippen molar-refractivity contribution in [2.75, 3.05) is 36.4 Å². The SMILES string of the molecule is CCCNc1cc(N2CCCC(CCC(=O)NCC)C2)ncn1. The van der Waals surface area contributed by atoms with Crippen LogP contribution in [0.5, 0.6) is 0 Å². The standard InChI is InChI=1S/C17H29N5O/c1-3-9-19-15-11-16(21-13-20-15)22-10-5-6-14(12-22)7-8-17(23)18-4-2/h11,13-14H,3-10,12H2,1-2H3,(H,18,23)(H,19,20,21). The molecule has 6 nitrogen and oxygen atoms in total. The molecular weight excluding hydrogens is 290 g/mol. The molecular formula is C17H29N5O. The van der Waals surface area contributed by atoms with Gasteiger partial charge in [-0.1, -0.05) is 6.92 Å². The van der Waals surface area contributed by atoms with Crippen LogP contribution in [0.25, 0.3) is 0 Å². The Labute approximate surface area is 139 Å². The lowest BCUT2D eigenvalue weighted by Crippen LogP contribution is -2.36. The van der Waals surface area contributed by atoms with Crippen LogP contribution < -0.4 is 15.5 Å². The highest BCUT2D eigenvalue weighted by Gasteiger charge is 2.21. The number of aromatic nitrogens is 2. The van der Waals surface area contributed by atoms with E-state index in [1.165, 1.54) is 6.42 Å². The zero-order chi connectivity index (χ0) is 16.5. The molecule has 1 amide bonds. The fraction of sp³-hybridized carbons (Fsp3) is 0.706. The van der Waals surface area contributed by atoms with E-state index in [0.717, 1.165) is 50.5 Å². The van der Waals surface area contributed by atoms with E-state index in [4.69, 9.17) is 0 Å². The maximum Gasteiger partial charge on any atom is 0.219 e. The normalized spacial score (nSPS) is 17.8. The predicted octanol–water partition coefficient (Wildman–Crippen LogP) is 2.43. The molecule has 2 rings (SSSR count). The van der Waals surface area contributed by atoms with E-state index < -0.39 is 0 Å². The second-order valence-corrected chi connectivity index (χ2v) is 6.13. The smallest absolute Gasteiger partial charge is 0.219 e. The van der Waals surface area contributed by atoms with Crippen molar-refractivity contribution in [3.8, 4) is 0 Å². The number of nitrogens with zero attached hydrogens (tertiary/aromatic N) is 3. The van der Waals surface area contributed by atoms with Crippen LogP contribution in [-0.2, 0) is 4.79 Å². The number of amides is 1. The first-order valence-electron chi connectivity index (χ1n) is 8.80. The van der Waals surface area contributed by atoms with Crippen LogP contribution >= 0.6 is 0 Å². The van der Waals surface area contributed by atoms with E-state index in [0.29, 0.717) is 18.9 Å². The van der Waals surface area contributed by atoms with E-state index in [2.05, 4.69) is 32.4 Å². The molecule has 1 unspecified atom stereocenters. The molecule has 1 aliphatic rings. The van der Waals surface area contributed by atoms with Crippen molar-refractivity contribution in [3.05, 3.63) is 12.4 Å². The van der Waals surface area contributed by atoms with Crippen LogP contribution in [0.15, 0.2) is 12.4 Å². The second-order valence-electron chi connectivity index (χ2n) is 6.13. The molecule has 1 fully saturated rings. The lowest BCUT2D eigenvalue weighted by Gasteiger charge is -2.33. The minimum Gasteiger partial charge on any atom is -0.370 e. The molecule has 128 valence electrons. The minimum atomic E-state index is 0.165. The number of nitrogens with one attached hydrogen (secondary N) is 2. The van der Waals surface area contributed by atoms with Crippen LogP contribution in [0.4, 0.5) is 11.6 Å². The molecule has 23 heavy (non-hydrogen) atoms. The molecule has 1 aromatic rings. The van der Waals surface area contributed by atoms with Crippen molar-refractivity contribution in [2.45, 2.75) is 46.0 Å². The molecule has 1 aromatic heterocycles. The molecule has 2 heterocycles. The summed E-state index contributed by atoms with van der Waals surface area (Å²) in [6, 6.07) is 2.03. The third-order valence-electron chi connectivity index (χ3n) is 4.21. The fourth-order valence-electron chi connectivity index (χ4n) is 3.00. The molecule has 1 atom stereocenters. The highest BCUT2D eigenvalue weighted by Crippen LogP contribution is 2.25. The molecule has 0 saturated carbocycles. The van der Waals surface area contributed by atoms with Gasteiger partial charge in [-0.3, -0.25) is 4.79 Å². The van der Waals surface area contributed by atoms with Gasteiger partial charge in [0.2, 0.25) is 5.91 Å². The second kappa shape index (κ2) is 9.33. The Bertz CT molecular complexity index is 494. The molecule has 1 saturated heterocycles. The van der Waals surface area contributed by atoms with Crippen molar-refractivity contribution in [2.24, 2.45) is 5.92 Å². The van der Waals surface area contributed by atoms with Gasteiger partial charge in [-0.15, -0.1) is 0 Å². The number of carbonyl (C=O) groups excluding carboxylic acids is 1. The van der Waals surface area contributed by atoms with E-state index in [1.807, 2.05) is 13.0 Å². The van der Waals surface area contributed by atoms with Crippen molar-refractivity contribution in [1.29, 1.82) is 0 Å². The van der Waals surface area contributed by atoms with Gasteiger partial charge in [0.1, 0.15) is 18.0 Å².